The Morgan fingerprint density at radius 1 is 1.47 bits per heavy atom. The van der Waals surface area contributed by atoms with Crippen LogP contribution in [0.4, 0.5) is 5.69 Å². The molecule has 0 radical (unpaired) electrons. The van der Waals surface area contributed by atoms with Crippen molar-refractivity contribution in [2.75, 3.05) is 12.3 Å². The highest BCUT2D eigenvalue weighted by atomic mass is 16.1. The predicted molar refractivity (Wildman–Crippen MR) is 58.9 cm³/mol. The van der Waals surface area contributed by atoms with Crippen LogP contribution in [0.15, 0.2) is 24.5 Å². The minimum Gasteiger partial charge on any atom is -0.399 e. The number of anilines is 1. The van der Waals surface area contributed by atoms with Crippen LogP contribution in [0.1, 0.15) is 12.8 Å². The third-order valence-electron chi connectivity index (χ3n) is 2.11. The monoisotopic (exact) mass is 208 g/mol. The van der Waals surface area contributed by atoms with Gasteiger partial charge in [-0.15, -0.1) is 0 Å². The second-order valence-corrected chi connectivity index (χ2v) is 3.33. The SMILES string of the molecule is NC(=O)[C@@H]1CCCN1.Nc1ccncc1. The lowest BCUT2D eigenvalue weighted by molar-refractivity contribution is -0.119. The molecule has 2 rings (SSSR count). The zero-order valence-corrected chi connectivity index (χ0v) is 8.52. The number of rotatable bonds is 1. The van der Waals surface area contributed by atoms with Crippen molar-refractivity contribution >= 4 is 11.6 Å². The van der Waals surface area contributed by atoms with E-state index >= 15 is 0 Å². The Balaban J connectivity index is 0.000000151. The zero-order valence-electron chi connectivity index (χ0n) is 8.52. The molecule has 0 spiro atoms. The first-order valence-corrected chi connectivity index (χ1v) is 4.88. The summed E-state index contributed by atoms with van der Waals surface area (Å²) in [6, 6.07) is 3.45. The summed E-state index contributed by atoms with van der Waals surface area (Å²) >= 11 is 0. The van der Waals surface area contributed by atoms with Gasteiger partial charge in [-0.25, -0.2) is 0 Å². The average Bonchev–Trinajstić information content (AvgIpc) is 2.72. The van der Waals surface area contributed by atoms with E-state index in [4.69, 9.17) is 11.5 Å². The summed E-state index contributed by atoms with van der Waals surface area (Å²) in [4.78, 5) is 14.1. The molecule has 1 aliphatic rings. The Morgan fingerprint density at radius 2 is 2.13 bits per heavy atom. The molecule has 0 aromatic carbocycles. The topological polar surface area (TPSA) is 94.0 Å². The van der Waals surface area contributed by atoms with Crippen LogP contribution < -0.4 is 16.8 Å². The summed E-state index contributed by atoms with van der Waals surface area (Å²) in [5, 5.41) is 2.98. The Hall–Kier alpha value is -1.62. The number of carbonyl (C=O) groups excluding carboxylic acids is 1. The fourth-order valence-electron chi connectivity index (χ4n) is 1.29. The largest absolute Gasteiger partial charge is 0.399 e. The van der Waals surface area contributed by atoms with E-state index in [1.165, 1.54) is 0 Å². The van der Waals surface area contributed by atoms with Crippen LogP contribution in [0.2, 0.25) is 0 Å². The molecule has 2 heterocycles. The highest BCUT2D eigenvalue weighted by Crippen LogP contribution is 2.02. The summed E-state index contributed by atoms with van der Waals surface area (Å²) < 4.78 is 0. The molecule has 1 fully saturated rings. The number of aromatic nitrogens is 1. The Morgan fingerprint density at radius 3 is 2.40 bits per heavy atom. The lowest BCUT2D eigenvalue weighted by Gasteiger charge is -2.01. The van der Waals surface area contributed by atoms with E-state index in [9.17, 15) is 4.79 Å². The normalized spacial score (nSPS) is 19.1. The van der Waals surface area contributed by atoms with Crippen molar-refractivity contribution in [3.63, 3.8) is 0 Å². The molecular formula is C10H16N4O. The van der Waals surface area contributed by atoms with Gasteiger partial charge in [0, 0.05) is 18.1 Å². The van der Waals surface area contributed by atoms with Gasteiger partial charge in [-0.2, -0.15) is 0 Å². The maximum atomic E-state index is 10.4. The Bertz CT molecular complexity index is 296. The molecule has 15 heavy (non-hydrogen) atoms. The maximum absolute atomic E-state index is 10.4. The van der Waals surface area contributed by atoms with Crippen molar-refractivity contribution in [2.45, 2.75) is 18.9 Å². The minimum atomic E-state index is -0.220. The predicted octanol–water partition coefficient (Wildman–Crippen LogP) is -0.112. The van der Waals surface area contributed by atoms with Gasteiger partial charge in [0.15, 0.2) is 0 Å². The van der Waals surface area contributed by atoms with Crippen LogP contribution in [-0.2, 0) is 4.79 Å². The number of primary amides is 1. The molecule has 0 saturated carbocycles. The van der Waals surface area contributed by atoms with E-state index in [1.807, 2.05) is 0 Å². The highest BCUT2D eigenvalue weighted by molar-refractivity contribution is 5.80. The molecule has 1 amide bonds. The van der Waals surface area contributed by atoms with Crippen molar-refractivity contribution in [3.05, 3.63) is 24.5 Å². The summed E-state index contributed by atoms with van der Waals surface area (Å²) in [6.07, 6.45) is 5.31. The van der Waals surface area contributed by atoms with Gasteiger partial charge < -0.3 is 16.8 Å². The molecule has 5 N–H and O–H groups in total. The van der Waals surface area contributed by atoms with Gasteiger partial charge in [0.2, 0.25) is 5.91 Å². The second-order valence-electron chi connectivity index (χ2n) is 3.33. The summed E-state index contributed by atoms with van der Waals surface area (Å²) in [6.45, 7) is 0.938. The number of nitrogens with two attached hydrogens (primary N) is 2. The van der Waals surface area contributed by atoms with Crippen LogP contribution in [0, 0.1) is 0 Å². The van der Waals surface area contributed by atoms with Crippen molar-refractivity contribution < 1.29 is 4.79 Å². The minimum absolute atomic E-state index is 0.0463. The van der Waals surface area contributed by atoms with E-state index in [0.29, 0.717) is 0 Å². The van der Waals surface area contributed by atoms with Crippen LogP contribution >= 0.6 is 0 Å². The van der Waals surface area contributed by atoms with Gasteiger partial charge in [0.25, 0.3) is 0 Å². The molecule has 0 bridgehead atoms. The molecule has 1 saturated heterocycles. The van der Waals surface area contributed by atoms with Crippen LogP contribution in [0.25, 0.3) is 0 Å². The van der Waals surface area contributed by atoms with Crippen molar-refractivity contribution in [1.82, 2.24) is 10.3 Å². The van der Waals surface area contributed by atoms with E-state index in [0.717, 1.165) is 25.1 Å². The van der Waals surface area contributed by atoms with Crippen LogP contribution in [0.5, 0.6) is 0 Å². The molecule has 0 aliphatic carbocycles. The smallest absolute Gasteiger partial charge is 0.234 e. The van der Waals surface area contributed by atoms with Gasteiger partial charge in [-0.3, -0.25) is 9.78 Å². The number of hydrogen-bond donors (Lipinski definition) is 3. The molecule has 5 nitrogen and oxygen atoms in total. The number of nitrogens with zero attached hydrogens (tertiary/aromatic N) is 1. The molecular weight excluding hydrogens is 192 g/mol. The van der Waals surface area contributed by atoms with Crippen molar-refractivity contribution in [1.29, 1.82) is 0 Å². The molecule has 82 valence electrons. The van der Waals surface area contributed by atoms with E-state index < -0.39 is 0 Å². The second kappa shape index (κ2) is 5.98. The van der Waals surface area contributed by atoms with Gasteiger partial charge in [0.1, 0.15) is 0 Å². The summed E-state index contributed by atoms with van der Waals surface area (Å²) in [7, 11) is 0. The highest BCUT2D eigenvalue weighted by Gasteiger charge is 2.18. The fraction of sp³-hybridized carbons (Fsp3) is 0.400. The average molecular weight is 208 g/mol. The number of nitrogen functional groups attached to an aromatic ring is 1. The van der Waals surface area contributed by atoms with Gasteiger partial charge >= 0.3 is 0 Å². The molecule has 1 aromatic rings. The lowest BCUT2D eigenvalue weighted by Crippen LogP contribution is -2.36. The number of amides is 1. The third kappa shape index (κ3) is 4.42. The van der Waals surface area contributed by atoms with Gasteiger partial charge in [-0.1, -0.05) is 0 Å². The summed E-state index contributed by atoms with van der Waals surface area (Å²) in [5.41, 5.74) is 11.1. The van der Waals surface area contributed by atoms with E-state index in [1.54, 1.807) is 24.5 Å². The van der Waals surface area contributed by atoms with Gasteiger partial charge in [0.05, 0.1) is 6.04 Å². The first-order valence-electron chi connectivity index (χ1n) is 4.88. The van der Waals surface area contributed by atoms with Crippen molar-refractivity contribution in [2.24, 2.45) is 5.73 Å². The Labute approximate surface area is 88.9 Å². The number of hydrogen-bond acceptors (Lipinski definition) is 4. The zero-order chi connectivity index (χ0) is 11.1. The summed E-state index contributed by atoms with van der Waals surface area (Å²) in [5.74, 6) is -0.220. The van der Waals surface area contributed by atoms with Crippen LogP contribution in [0.3, 0.4) is 0 Å². The first-order chi connectivity index (χ1) is 7.20. The molecule has 1 aromatic heterocycles. The standard InChI is InChI=1S/C5H10N2O.C5H6N2/c6-5(8)4-2-1-3-7-4;6-5-1-3-7-4-2-5/h4,7H,1-3H2,(H2,6,8);1-4H,(H2,6,7)/t4-;/m0./s1. The van der Waals surface area contributed by atoms with E-state index in [2.05, 4.69) is 10.3 Å². The molecule has 0 unspecified atom stereocenters. The third-order valence-corrected chi connectivity index (χ3v) is 2.11. The number of nitrogens with one attached hydrogen (secondary N) is 1. The lowest BCUT2D eigenvalue weighted by atomic mass is 10.2. The number of carbonyl (C=O) groups is 1. The molecule has 1 aliphatic heterocycles. The number of pyridine rings is 1. The van der Waals surface area contributed by atoms with E-state index in [-0.39, 0.29) is 11.9 Å². The molecule has 1 atom stereocenters. The van der Waals surface area contributed by atoms with Crippen molar-refractivity contribution in [3.8, 4) is 0 Å². The quantitative estimate of drug-likeness (QED) is 0.600. The first kappa shape index (κ1) is 11.5. The maximum Gasteiger partial charge on any atom is 0.234 e. The Kier molecular flexibility index (Phi) is 4.56. The van der Waals surface area contributed by atoms with Crippen LogP contribution in [-0.4, -0.2) is 23.5 Å². The molecule has 5 heteroatoms. The van der Waals surface area contributed by atoms with Gasteiger partial charge in [-0.05, 0) is 31.5 Å². The fourth-order valence-corrected chi connectivity index (χ4v) is 1.29.